The van der Waals surface area contributed by atoms with Crippen molar-refractivity contribution in [2.75, 3.05) is 38.0 Å². The number of carbonyl (C=O) groups is 2. The molecule has 1 saturated heterocycles. The second-order valence-electron chi connectivity index (χ2n) is 6.14. The molecule has 0 saturated carbocycles. The summed E-state index contributed by atoms with van der Waals surface area (Å²) >= 11 is 0. The lowest BCUT2D eigenvalue weighted by Gasteiger charge is -2.34. The summed E-state index contributed by atoms with van der Waals surface area (Å²) in [6.07, 6.45) is 0. The molecule has 0 atom stereocenters. The number of hydrogen-bond donors (Lipinski definition) is 1. The van der Waals surface area contributed by atoms with Crippen molar-refractivity contribution < 1.29 is 18.6 Å². The summed E-state index contributed by atoms with van der Waals surface area (Å²) in [6, 6.07) is 1.66. The molecule has 0 radical (unpaired) electrons. The maximum Gasteiger partial charge on any atom is 0.259 e. The Morgan fingerprint density at radius 2 is 1.84 bits per heavy atom. The first-order valence-corrected chi connectivity index (χ1v) is 8.11. The highest BCUT2D eigenvalue weighted by Gasteiger charge is 2.27. The molecule has 2 aromatic heterocycles. The third-order valence-corrected chi connectivity index (χ3v) is 4.17. The van der Waals surface area contributed by atoms with Crippen LogP contribution < -0.4 is 5.32 Å². The standard InChI is InChI=1S/C16H21N5O4/c1-10-8-13(19-24-10)17-14(22)9-20-4-6-21(7-5-20)16(23)15-11(2)18-25-12(15)3/h8H,4-7,9H2,1-3H3,(H,17,19,22). The first-order valence-electron chi connectivity index (χ1n) is 8.11. The Kier molecular flexibility index (Phi) is 4.84. The lowest BCUT2D eigenvalue weighted by molar-refractivity contribution is -0.117. The van der Waals surface area contributed by atoms with Crippen molar-refractivity contribution in [3.8, 4) is 0 Å². The number of rotatable bonds is 4. The fourth-order valence-electron chi connectivity index (χ4n) is 2.87. The van der Waals surface area contributed by atoms with Gasteiger partial charge in [-0.2, -0.15) is 0 Å². The van der Waals surface area contributed by atoms with Crippen LogP contribution in [0.5, 0.6) is 0 Å². The predicted octanol–water partition coefficient (Wildman–Crippen LogP) is 0.984. The lowest BCUT2D eigenvalue weighted by atomic mass is 10.1. The van der Waals surface area contributed by atoms with Gasteiger partial charge in [0, 0.05) is 32.2 Å². The van der Waals surface area contributed by atoms with Crippen LogP contribution in [-0.4, -0.2) is 64.7 Å². The number of carbonyl (C=O) groups excluding carboxylic acids is 2. The van der Waals surface area contributed by atoms with Gasteiger partial charge < -0.3 is 19.3 Å². The fourth-order valence-corrected chi connectivity index (χ4v) is 2.87. The van der Waals surface area contributed by atoms with Crippen LogP contribution in [0.25, 0.3) is 0 Å². The Bertz CT molecular complexity index is 754. The third kappa shape index (κ3) is 3.87. The van der Waals surface area contributed by atoms with Gasteiger partial charge in [0.2, 0.25) is 5.91 Å². The minimum Gasteiger partial charge on any atom is -0.361 e. The van der Waals surface area contributed by atoms with E-state index in [4.69, 9.17) is 9.05 Å². The molecule has 0 aromatic carbocycles. The van der Waals surface area contributed by atoms with Crippen LogP contribution in [0.15, 0.2) is 15.1 Å². The van der Waals surface area contributed by atoms with Crippen molar-refractivity contribution in [3.05, 3.63) is 28.8 Å². The molecule has 2 amide bonds. The molecule has 1 fully saturated rings. The molecule has 9 nitrogen and oxygen atoms in total. The second kappa shape index (κ2) is 7.06. The van der Waals surface area contributed by atoms with E-state index in [1.165, 1.54) is 0 Å². The van der Waals surface area contributed by atoms with Crippen LogP contribution in [0.4, 0.5) is 5.82 Å². The van der Waals surface area contributed by atoms with Gasteiger partial charge >= 0.3 is 0 Å². The van der Waals surface area contributed by atoms with Gasteiger partial charge in [0.25, 0.3) is 5.91 Å². The van der Waals surface area contributed by atoms with Crippen LogP contribution in [0.1, 0.15) is 27.6 Å². The van der Waals surface area contributed by atoms with E-state index in [2.05, 4.69) is 15.6 Å². The number of aromatic nitrogens is 2. The number of piperazine rings is 1. The van der Waals surface area contributed by atoms with E-state index in [1.807, 2.05) is 4.90 Å². The minimum absolute atomic E-state index is 0.0709. The summed E-state index contributed by atoms with van der Waals surface area (Å²) < 4.78 is 9.98. The zero-order valence-electron chi connectivity index (χ0n) is 14.5. The maximum atomic E-state index is 12.6. The molecule has 3 heterocycles. The number of nitrogens with zero attached hydrogens (tertiary/aromatic N) is 4. The Morgan fingerprint density at radius 3 is 2.40 bits per heavy atom. The molecule has 1 N–H and O–H groups in total. The Balaban J connectivity index is 1.50. The minimum atomic E-state index is -0.154. The number of nitrogens with one attached hydrogen (secondary N) is 1. The zero-order valence-corrected chi connectivity index (χ0v) is 14.5. The number of amides is 2. The highest BCUT2D eigenvalue weighted by atomic mass is 16.5. The second-order valence-corrected chi connectivity index (χ2v) is 6.14. The topological polar surface area (TPSA) is 105 Å². The molecule has 1 aliphatic heterocycles. The van der Waals surface area contributed by atoms with E-state index in [-0.39, 0.29) is 18.4 Å². The van der Waals surface area contributed by atoms with Crippen molar-refractivity contribution in [3.63, 3.8) is 0 Å². The Morgan fingerprint density at radius 1 is 1.12 bits per heavy atom. The summed E-state index contributed by atoms with van der Waals surface area (Å²) in [5.74, 6) is 1.36. The maximum absolute atomic E-state index is 12.6. The van der Waals surface area contributed by atoms with Crippen molar-refractivity contribution in [2.45, 2.75) is 20.8 Å². The first-order chi connectivity index (χ1) is 11.9. The van der Waals surface area contributed by atoms with Gasteiger partial charge in [0.1, 0.15) is 17.1 Å². The largest absolute Gasteiger partial charge is 0.361 e. The molecule has 2 aromatic rings. The molecule has 0 unspecified atom stereocenters. The van der Waals surface area contributed by atoms with Crippen molar-refractivity contribution in [1.29, 1.82) is 0 Å². The van der Waals surface area contributed by atoms with Gasteiger partial charge in [-0.15, -0.1) is 0 Å². The first kappa shape index (κ1) is 17.2. The van der Waals surface area contributed by atoms with Gasteiger partial charge in [-0.05, 0) is 20.8 Å². The average Bonchev–Trinajstić information content (AvgIpc) is 3.12. The molecular formula is C16H21N5O4. The molecule has 0 aliphatic carbocycles. The average molecular weight is 347 g/mol. The van der Waals surface area contributed by atoms with E-state index in [9.17, 15) is 9.59 Å². The van der Waals surface area contributed by atoms with Crippen molar-refractivity contribution >= 4 is 17.6 Å². The Labute approximate surface area is 144 Å². The van der Waals surface area contributed by atoms with Gasteiger partial charge in [-0.3, -0.25) is 14.5 Å². The highest BCUT2D eigenvalue weighted by Crippen LogP contribution is 2.16. The normalized spacial score (nSPS) is 15.4. The van der Waals surface area contributed by atoms with E-state index in [0.717, 1.165) is 0 Å². The molecule has 0 bridgehead atoms. The monoisotopic (exact) mass is 347 g/mol. The third-order valence-electron chi connectivity index (χ3n) is 4.17. The zero-order chi connectivity index (χ0) is 18.0. The SMILES string of the molecule is Cc1cc(NC(=O)CN2CCN(C(=O)c3c(C)noc3C)CC2)no1. The predicted molar refractivity (Wildman–Crippen MR) is 88.2 cm³/mol. The molecule has 3 rings (SSSR count). The summed E-state index contributed by atoms with van der Waals surface area (Å²) in [5.41, 5.74) is 1.14. The van der Waals surface area contributed by atoms with E-state index >= 15 is 0 Å². The van der Waals surface area contributed by atoms with Crippen LogP contribution >= 0.6 is 0 Å². The molecular weight excluding hydrogens is 326 g/mol. The van der Waals surface area contributed by atoms with Crippen molar-refractivity contribution in [1.82, 2.24) is 20.1 Å². The highest BCUT2D eigenvalue weighted by molar-refractivity contribution is 5.96. The molecule has 25 heavy (non-hydrogen) atoms. The summed E-state index contributed by atoms with van der Waals surface area (Å²) in [7, 11) is 0. The van der Waals surface area contributed by atoms with E-state index in [0.29, 0.717) is 54.8 Å². The summed E-state index contributed by atoms with van der Waals surface area (Å²) in [5, 5.41) is 10.3. The molecule has 1 aliphatic rings. The quantitative estimate of drug-likeness (QED) is 0.879. The smallest absolute Gasteiger partial charge is 0.259 e. The van der Waals surface area contributed by atoms with Crippen LogP contribution in [0.2, 0.25) is 0 Å². The number of hydrogen-bond acceptors (Lipinski definition) is 7. The fraction of sp³-hybridized carbons (Fsp3) is 0.500. The van der Waals surface area contributed by atoms with Gasteiger partial charge in [-0.1, -0.05) is 10.3 Å². The van der Waals surface area contributed by atoms with Crippen LogP contribution in [0.3, 0.4) is 0 Å². The summed E-state index contributed by atoms with van der Waals surface area (Å²) in [6.45, 7) is 7.87. The van der Waals surface area contributed by atoms with Crippen molar-refractivity contribution in [2.24, 2.45) is 0 Å². The van der Waals surface area contributed by atoms with Gasteiger partial charge in [-0.25, -0.2) is 0 Å². The van der Waals surface area contributed by atoms with E-state index in [1.54, 1.807) is 31.7 Å². The lowest BCUT2D eigenvalue weighted by Crippen LogP contribution is -2.50. The molecule has 0 spiro atoms. The molecule has 134 valence electrons. The molecule has 9 heteroatoms. The summed E-state index contributed by atoms with van der Waals surface area (Å²) in [4.78, 5) is 28.4. The van der Waals surface area contributed by atoms with Gasteiger partial charge in [0.05, 0.1) is 12.2 Å². The van der Waals surface area contributed by atoms with Crippen LogP contribution in [-0.2, 0) is 4.79 Å². The Hall–Kier alpha value is -2.68. The van der Waals surface area contributed by atoms with Crippen LogP contribution in [0, 0.1) is 20.8 Å². The number of aryl methyl sites for hydroxylation is 3. The van der Waals surface area contributed by atoms with Gasteiger partial charge in [0.15, 0.2) is 5.82 Å². The number of anilines is 1. The van der Waals surface area contributed by atoms with E-state index < -0.39 is 0 Å².